The number of nitrogens with zero attached hydrogens (tertiary/aromatic N) is 2. The molecular formula is C10H24N2Na4O12. The van der Waals surface area contributed by atoms with E-state index in [1.807, 2.05) is 0 Å². The van der Waals surface area contributed by atoms with E-state index in [9.17, 15) is 19.2 Å². The van der Waals surface area contributed by atoms with Gasteiger partial charge in [-0.05, 0) is 0 Å². The van der Waals surface area contributed by atoms with Crippen LogP contribution in [0.4, 0.5) is 0 Å². The molecule has 0 spiro atoms. The predicted octanol–water partition coefficient (Wildman–Crippen LogP) is -5.32. The molecule has 0 aliphatic heterocycles. The van der Waals surface area contributed by atoms with Gasteiger partial charge in [0, 0.05) is 156 Å². The zero-order valence-electron chi connectivity index (χ0n) is 17.6. The molecule has 0 saturated heterocycles. The molecule has 14 nitrogen and oxygen atoms in total. The molecule has 150 valence electrons. The van der Waals surface area contributed by atoms with Gasteiger partial charge in [0.2, 0.25) is 0 Å². The molecule has 0 saturated carbocycles. The summed E-state index contributed by atoms with van der Waals surface area (Å²) in [6.45, 7) is 3.97. The molecule has 0 aromatic heterocycles. The summed E-state index contributed by atoms with van der Waals surface area (Å²) in [5, 5.41) is 1.15. The van der Waals surface area contributed by atoms with Crippen molar-refractivity contribution < 1.29 is 60.4 Å². The van der Waals surface area contributed by atoms with Gasteiger partial charge in [0.1, 0.15) is 0 Å². The van der Waals surface area contributed by atoms with Crippen LogP contribution in [0.2, 0.25) is 0 Å². The van der Waals surface area contributed by atoms with Gasteiger partial charge in [-0.3, -0.25) is 19.2 Å². The summed E-state index contributed by atoms with van der Waals surface area (Å²) in [7, 11) is 0. The van der Waals surface area contributed by atoms with Gasteiger partial charge in [0.05, 0.1) is 13.1 Å². The Kier molecular flexibility index (Phi) is 67.8. The van der Waals surface area contributed by atoms with Crippen LogP contribution >= 0.6 is 0 Å². The second-order valence-electron chi connectivity index (χ2n) is 3.44. The second kappa shape index (κ2) is 33.3. The molecule has 0 heterocycles. The molecule has 4 radical (unpaired) electrons. The standard InChI is InChI=1S/C10H16N2O8.4Na.4H2O/c1-7(13)17-11(18-8(2)14)5-6-12(19-9(3)15)20-10(4)16;;;;;;;;/h5-6H2,1-4H3;;;;;4*1H2. The number of carbonyl (C=O) groups is 4. The zero-order chi connectivity index (χ0) is 15.7. The topological polar surface area (TPSA) is 238 Å². The van der Waals surface area contributed by atoms with E-state index in [0.717, 1.165) is 27.7 Å². The summed E-state index contributed by atoms with van der Waals surface area (Å²) in [6, 6.07) is 0. The van der Waals surface area contributed by atoms with Crippen molar-refractivity contribution in [3.63, 3.8) is 0 Å². The van der Waals surface area contributed by atoms with Crippen molar-refractivity contribution in [1.29, 1.82) is 0 Å². The van der Waals surface area contributed by atoms with Crippen LogP contribution in [0.25, 0.3) is 0 Å². The molecule has 0 fully saturated rings. The molecule has 8 N–H and O–H groups in total. The maximum atomic E-state index is 10.8. The number of hydroxylamine groups is 4. The fourth-order valence-electron chi connectivity index (χ4n) is 0.957. The van der Waals surface area contributed by atoms with Crippen LogP contribution in [0.1, 0.15) is 27.7 Å². The van der Waals surface area contributed by atoms with E-state index in [4.69, 9.17) is 0 Å². The average Bonchev–Trinajstić information content (AvgIpc) is 2.22. The van der Waals surface area contributed by atoms with Gasteiger partial charge >= 0.3 is 23.9 Å². The summed E-state index contributed by atoms with van der Waals surface area (Å²) in [6.07, 6.45) is 0. The van der Waals surface area contributed by atoms with E-state index >= 15 is 0 Å². The van der Waals surface area contributed by atoms with Gasteiger partial charge < -0.3 is 41.3 Å². The molecule has 0 aromatic rings. The van der Waals surface area contributed by atoms with Gasteiger partial charge in [-0.2, -0.15) is 0 Å². The Morgan fingerprint density at radius 3 is 0.750 bits per heavy atom. The summed E-state index contributed by atoms with van der Waals surface area (Å²) >= 11 is 0. The van der Waals surface area contributed by atoms with Crippen molar-refractivity contribution in [3.05, 3.63) is 0 Å². The fourth-order valence-corrected chi connectivity index (χ4v) is 0.957. The number of carbonyl (C=O) groups excluding carboxylic acids is 4. The Labute approximate surface area is 250 Å². The molecule has 18 heteroatoms. The summed E-state index contributed by atoms with van der Waals surface area (Å²) in [4.78, 5) is 61.4. The average molecular weight is 456 g/mol. The minimum Gasteiger partial charge on any atom is -0.412 e. The Bertz CT molecular complexity index is 337. The van der Waals surface area contributed by atoms with Crippen LogP contribution in [0.5, 0.6) is 0 Å². The number of hydrogen-bond acceptors (Lipinski definition) is 10. The Morgan fingerprint density at radius 2 is 0.643 bits per heavy atom. The molecule has 0 bridgehead atoms. The van der Waals surface area contributed by atoms with Crippen LogP contribution in [0, 0.1) is 0 Å². The van der Waals surface area contributed by atoms with Gasteiger partial charge in [0.25, 0.3) is 0 Å². The number of hydrogen-bond donors (Lipinski definition) is 0. The van der Waals surface area contributed by atoms with Crippen LogP contribution < -0.4 is 0 Å². The monoisotopic (exact) mass is 456 g/mol. The van der Waals surface area contributed by atoms with Gasteiger partial charge in [-0.1, -0.05) is 0 Å². The van der Waals surface area contributed by atoms with Crippen LogP contribution in [0.3, 0.4) is 0 Å². The fraction of sp³-hybridized carbons (Fsp3) is 0.600. The first kappa shape index (κ1) is 57.1. The molecule has 0 amide bonds. The molecule has 0 aromatic carbocycles. The molecule has 0 aliphatic rings. The van der Waals surface area contributed by atoms with Crippen LogP contribution in [-0.2, 0) is 38.5 Å². The molecule has 0 unspecified atom stereocenters. The Balaban J connectivity index is -0.0000000645. The van der Waals surface area contributed by atoms with E-state index in [-0.39, 0.29) is 153 Å². The smallest absolute Gasteiger partial charge is 0.326 e. The molecule has 0 aliphatic carbocycles. The van der Waals surface area contributed by atoms with Gasteiger partial charge in [-0.15, -0.1) is 0 Å². The summed E-state index contributed by atoms with van der Waals surface area (Å²) < 4.78 is 0. The van der Waals surface area contributed by atoms with Gasteiger partial charge in [-0.25, -0.2) is 0 Å². The van der Waals surface area contributed by atoms with Crippen LogP contribution in [-0.4, -0.2) is 188 Å². The van der Waals surface area contributed by atoms with Crippen molar-refractivity contribution in [2.45, 2.75) is 27.7 Å². The number of rotatable bonds is 7. The van der Waals surface area contributed by atoms with E-state index in [0.29, 0.717) is 10.5 Å². The molecule has 0 atom stereocenters. The van der Waals surface area contributed by atoms with Crippen molar-refractivity contribution in [3.8, 4) is 0 Å². The quantitative estimate of drug-likeness (QED) is 0.260. The molecule has 0 rings (SSSR count). The largest absolute Gasteiger partial charge is 0.412 e. The molecule has 28 heavy (non-hydrogen) atoms. The predicted molar refractivity (Wildman–Crippen MR) is 97.9 cm³/mol. The van der Waals surface area contributed by atoms with E-state index < -0.39 is 23.9 Å². The van der Waals surface area contributed by atoms with Gasteiger partial charge in [0.15, 0.2) is 0 Å². The summed E-state index contributed by atoms with van der Waals surface area (Å²) in [5.41, 5.74) is 0. The minimum atomic E-state index is -0.724. The minimum absolute atomic E-state index is 0. The van der Waals surface area contributed by atoms with Crippen molar-refractivity contribution in [2.75, 3.05) is 13.1 Å². The maximum Gasteiger partial charge on any atom is 0.326 e. The van der Waals surface area contributed by atoms with E-state index in [2.05, 4.69) is 19.4 Å². The van der Waals surface area contributed by atoms with Crippen molar-refractivity contribution in [2.24, 2.45) is 0 Å². The first-order valence-corrected chi connectivity index (χ1v) is 5.50. The van der Waals surface area contributed by atoms with Crippen molar-refractivity contribution >= 4 is 142 Å². The summed E-state index contributed by atoms with van der Waals surface area (Å²) in [5.74, 6) is -2.90. The first-order valence-electron chi connectivity index (χ1n) is 5.50. The third-order valence-corrected chi connectivity index (χ3v) is 1.39. The molecular weight excluding hydrogens is 432 g/mol. The third-order valence-electron chi connectivity index (χ3n) is 1.39. The van der Waals surface area contributed by atoms with E-state index in [1.165, 1.54) is 0 Å². The SMILES string of the molecule is CC(=O)ON(CCN(OC(C)=O)OC(C)=O)OC(C)=O.O.O.O.O.[Na].[Na].[Na].[Na]. The first-order chi connectivity index (χ1) is 9.20. The normalized spacial score (nSPS) is 7.21. The van der Waals surface area contributed by atoms with E-state index in [1.54, 1.807) is 0 Å². The second-order valence-corrected chi connectivity index (χ2v) is 3.44. The Morgan fingerprint density at radius 1 is 0.500 bits per heavy atom. The Hall–Kier alpha value is 1.64. The van der Waals surface area contributed by atoms with Crippen LogP contribution in [0.15, 0.2) is 0 Å². The zero-order valence-corrected chi connectivity index (χ0v) is 25.6. The van der Waals surface area contributed by atoms with Crippen molar-refractivity contribution in [1.82, 2.24) is 10.5 Å². The third kappa shape index (κ3) is 38.3. The maximum absolute atomic E-state index is 10.8.